The van der Waals surface area contributed by atoms with Crippen LogP contribution in [0.5, 0.6) is 0 Å². The molecule has 23 heavy (non-hydrogen) atoms. The van der Waals surface area contributed by atoms with Gasteiger partial charge in [-0.05, 0) is 25.5 Å². The third kappa shape index (κ3) is 3.44. The quantitative estimate of drug-likeness (QED) is 0.923. The zero-order valence-electron chi connectivity index (χ0n) is 12.6. The molecule has 1 aromatic carbocycles. The highest BCUT2D eigenvalue weighted by atomic mass is 19.4. The van der Waals surface area contributed by atoms with E-state index in [0.717, 1.165) is 43.2 Å². The summed E-state index contributed by atoms with van der Waals surface area (Å²) in [6, 6.07) is 6.89. The van der Waals surface area contributed by atoms with Crippen LogP contribution in [0.1, 0.15) is 17.7 Å². The van der Waals surface area contributed by atoms with Gasteiger partial charge in [-0.25, -0.2) is 9.97 Å². The van der Waals surface area contributed by atoms with E-state index in [2.05, 4.69) is 14.9 Å². The Morgan fingerprint density at radius 3 is 2.43 bits per heavy atom. The zero-order chi connectivity index (χ0) is 16.6. The van der Waals surface area contributed by atoms with Crippen LogP contribution in [0, 0.1) is 6.92 Å². The van der Waals surface area contributed by atoms with Crippen molar-refractivity contribution in [3.05, 3.63) is 41.6 Å². The molecule has 1 unspecified atom stereocenters. The van der Waals surface area contributed by atoms with E-state index in [4.69, 9.17) is 5.73 Å². The SMILES string of the molecule is Cc1cc(N2CCC(N)C2)nc(-c2ccc(C(F)(F)F)cc2)n1. The van der Waals surface area contributed by atoms with Crippen LogP contribution >= 0.6 is 0 Å². The summed E-state index contributed by atoms with van der Waals surface area (Å²) in [4.78, 5) is 10.9. The monoisotopic (exact) mass is 322 g/mol. The van der Waals surface area contributed by atoms with E-state index in [1.807, 2.05) is 13.0 Å². The van der Waals surface area contributed by atoms with Crippen LogP contribution in [0.2, 0.25) is 0 Å². The number of hydrogen-bond donors (Lipinski definition) is 1. The van der Waals surface area contributed by atoms with Crippen molar-refractivity contribution < 1.29 is 13.2 Å². The average Bonchev–Trinajstić information content (AvgIpc) is 2.92. The molecule has 4 nitrogen and oxygen atoms in total. The smallest absolute Gasteiger partial charge is 0.355 e. The van der Waals surface area contributed by atoms with Crippen molar-refractivity contribution in [2.75, 3.05) is 18.0 Å². The van der Waals surface area contributed by atoms with Crippen LogP contribution in [-0.2, 0) is 6.18 Å². The van der Waals surface area contributed by atoms with Gasteiger partial charge in [0.25, 0.3) is 0 Å². The summed E-state index contributed by atoms with van der Waals surface area (Å²) < 4.78 is 37.9. The van der Waals surface area contributed by atoms with Gasteiger partial charge in [0.05, 0.1) is 5.56 Å². The molecule has 2 aromatic rings. The van der Waals surface area contributed by atoms with Crippen molar-refractivity contribution in [3.8, 4) is 11.4 Å². The standard InChI is InChI=1S/C16H17F3N4/c1-10-8-14(23-7-6-13(20)9-23)22-15(21-10)11-2-4-12(5-3-11)16(17,18)19/h2-5,8,13H,6-7,9,20H2,1H3. The van der Waals surface area contributed by atoms with Gasteiger partial charge in [-0.3, -0.25) is 0 Å². The molecule has 1 fully saturated rings. The number of nitrogens with zero attached hydrogens (tertiary/aromatic N) is 3. The van der Waals surface area contributed by atoms with E-state index in [0.29, 0.717) is 11.4 Å². The van der Waals surface area contributed by atoms with Crippen molar-refractivity contribution in [2.24, 2.45) is 5.73 Å². The number of halogens is 3. The number of hydrogen-bond acceptors (Lipinski definition) is 4. The lowest BCUT2D eigenvalue weighted by Gasteiger charge is -2.18. The molecule has 1 atom stereocenters. The van der Waals surface area contributed by atoms with Crippen molar-refractivity contribution in [1.29, 1.82) is 0 Å². The number of nitrogens with two attached hydrogens (primary N) is 1. The molecule has 122 valence electrons. The van der Waals surface area contributed by atoms with Gasteiger partial charge >= 0.3 is 6.18 Å². The van der Waals surface area contributed by atoms with Gasteiger partial charge in [0, 0.05) is 36.5 Å². The predicted octanol–water partition coefficient (Wildman–Crippen LogP) is 3.01. The Morgan fingerprint density at radius 1 is 1.17 bits per heavy atom. The fourth-order valence-corrected chi connectivity index (χ4v) is 2.65. The first kappa shape index (κ1) is 15.7. The largest absolute Gasteiger partial charge is 0.416 e. The molecule has 2 N–H and O–H groups in total. The molecule has 2 heterocycles. The first-order valence-electron chi connectivity index (χ1n) is 7.37. The van der Waals surface area contributed by atoms with Crippen LogP contribution in [-0.4, -0.2) is 29.1 Å². The van der Waals surface area contributed by atoms with Gasteiger partial charge in [0.1, 0.15) is 5.82 Å². The molecule has 0 radical (unpaired) electrons. The van der Waals surface area contributed by atoms with E-state index in [9.17, 15) is 13.2 Å². The lowest BCUT2D eigenvalue weighted by Crippen LogP contribution is -2.27. The number of aryl methyl sites for hydroxylation is 1. The topological polar surface area (TPSA) is 55.0 Å². The maximum atomic E-state index is 12.6. The highest BCUT2D eigenvalue weighted by Crippen LogP contribution is 2.31. The second-order valence-electron chi connectivity index (χ2n) is 5.76. The fraction of sp³-hybridized carbons (Fsp3) is 0.375. The van der Waals surface area contributed by atoms with E-state index in [-0.39, 0.29) is 6.04 Å². The Balaban J connectivity index is 1.92. The maximum absolute atomic E-state index is 12.6. The summed E-state index contributed by atoms with van der Waals surface area (Å²) in [6.07, 6.45) is -3.44. The van der Waals surface area contributed by atoms with E-state index >= 15 is 0 Å². The van der Waals surface area contributed by atoms with Crippen LogP contribution in [0.4, 0.5) is 19.0 Å². The highest BCUT2D eigenvalue weighted by Gasteiger charge is 2.30. The van der Waals surface area contributed by atoms with E-state index in [1.54, 1.807) is 0 Å². The molecule has 0 amide bonds. The Kier molecular flexibility index (Phi) is 3.97. The number of aromatic nitrogens is 2. The van der Waals surface area contributed by atoms with Crippen LogP contribution in [0.3, 0.4) is 0 Å². The number of rotatable bonds is 2. The maximum Gasteiger partial charge on any atom is 0.416 e. The molecule has 3 rings (SSSR count). The van der Waals surface area contributed by atoms with Crippen molar-refractivity contribution >= 4 is 5.82 Å². The summed E-state index contributed by atoms with van der Waals surface area (Å²) >= 11 is 0. The molecule has 1 aliphatic rings. The normalized spacial score (nSPS) is 18.5. The van der Waals surface area contributed by atoms with E-state index in [1.165, 1.54) is 12.1 Å². The van der Waals surface area contributed by atoms with Crippen LogP contribution in [0.15, 0.2) is 30.3 Å². The molecule has 7 heteroatoms. The second kappa shape index (κ2) is 5.81. The van der Waals surface area contributed by atoms with Crippen LogP contribution in [0.25, 0.3) is 11.4 Å². The van der Waals surface area contributed by atoms with Crippen molar-refractivity contribution in [2.45, 2.75) is 25.6 Å². The fourth-order valence-electron chi connectivity index (χ4n) is 2.65. The molecule has 0 aliphatic carbocycles. The number of alkyl halides is 3. The number of anilines is 1. The molecule has 1 aliphatic heterocycles. The summed E-state index contributed by atoms with van der Waals surface area (Å²) in [5.74, 6) is 1.19. The summed E-state index contributed by atoms with van der Waals surface area (Å²) in [5.41, 5.74) is 6.56. The summed E-state index contributed by atoms with van der Waals surface area (Å²) in [7, 11) is 0. The minimum atomic E-state index is -4.34. The Morgan fingerprint density at radius 2 is 1.87 bits per heavy atom. The van der Waals surface area contributed by atoms with Gasteiger partial charge in [0.2, 0.25) is 0 Å². The minimum absolute atomic E-state index is 0.125. The summed E-state index contributed by atoms with van der Waals surface area (Å²) in [6.45, 7) is 3.39. The van der Waals surface area contributed by atoms with Gasteiger partial charge < -0.3 is 10.6 Å². The lowest BCUT2D eigenvalue weighted by molar-refractivity contribution is -0.137. The third-order valence-electron chi connectivity index (χ3n) is 3.86. The first-order valence-corrected chi connectivity index (χ1v) is 7.37. The van der Waals surface area contributed by atoms with Gasteiger partial charge in [-0.2, -0.15) is 13.2 Å². The lowest BCUT2D eigenvalue weighted by atomic mass is 10.1. The second-order valence-corrected chi connectivity index (χ2v) is 5.76. The Labute approximate surface area is 132 Å². The summed E-state index contributed by atoms with van der Waals surface area (Å²) in [5, 5.41) is 0. The molecular formula is C16H17F3N4. The first-order chi connectivity index (χ1) is 10.8. The molecular weight excluding hydrogens is 305 g/mol. The zero-order valence-corrected chi connectivity index (χ0v) is 12.6. The predicted molar refractivity (Wildman–Crippen MR) is 82.0 cm³/mol. The Hall–Kier alpha value is -2.15. The van der Waals surface area contributed by atoms with Crippen molar-refractivity contribution in [3.63, 3.8) is 0 Å². The van der Waals surface area contributed by atoms with Gasteiger partial charge in [-0.1, -0.05) is 12.1 Å². The Bertz CT molecular complexity index is 697. The van der Waals surface area contributed by atoms with Gasteiger partial charge in [-0.15, -0.1) is 0 Å². The van der Waals surface area contributed by atoms with Crippen LogP contribution < -0.4 is 10.6 Å². The molecule has 0 saturated carbocycles. The van der Waals surface area contributed by atoms with E-state index < -0.39 is 11.7 Å². The minimum Gasteiger partial charge on any atom is -0.355 e. The molecule has 1 saturated heterocycles. The van der Waals surface area contributed by atoms with Gasteiger partial charge in [0.15, 0.2) is 5.82 Å². The highest BCUT2D eigenvalue weighted by molar-refractivity contribution is 5.59. The third-order valence-corrected chi connectivity index (χ3v) is 3.86. The molecule has 0 spiro atoms. The number of benzene rings is 1. The van der Waals surface area contributed by atoms with Crippen molar-refractivity contribution in [1.82, 2.24) is 9.97 Å². The molecule has 1 aromatic heterocycles. The average molecular weight is 322 g/mol. The molecule has 0 bridgehead atoms.